The first-order chi connectivity index (χ1) is 22.0. The first-order valence-electron chi connectivity index (χ1n) is 14.8. The molecule has 0 unspecified atom stereocenters. The van der Waals surface area contributed by atoms with Gasteiger partial charge in [-0.05, 0) is 65.6 Å². The van der Waals surface area contributed by atoms with Gasteiger partial charge in [0.25, 0.3) is 10.0 Å². The molecule has 0 spiro atoms. The van der Waals surface area contributed by atoms with Gasteiger partial charge in [0.1, 0.15) is 18.3 Å². The number of benzene rings is 4. The summed E-state index contributed by atoms with van der Waals surface area (Å²) in [6.45, 7) is 3.70. The molecular formula is C35H37Cl2N3O5S. The van der Waals surface area contributed by atoms with Crippen LogP contribution in [0.5, 0.6) is 5.75 Å². The molecule has 0 radical (unpaired) electrons. The highest BCUT2D eigenvalue weighted by Gasteiger charge is 2.35. The normalized spacial score (nSPS) is 12.0. The fourth-order valence-electron chi connectivity index (χ4n) is 4.81. The van der Waals surface area contributed by atoms with Crippen molar-refractivity contribution in [3.05, 3.63) is 124 Å². The van der Waals surface area contributed by atoms with Crippen LogP contribution in [0.25, 0.3) is 0 Å². The summed E-state index contributed by atoms with van der Waals surface area (Å²) in [4.78, 5) is 29.8. The number of sulfonamides is 1. The van der Waals surface area contributed by atoms with Crippen LogP contribution in [0.2, 0.25) is 10.0 Å². The molecule has 4 aromatic rings. The lowest BCUT2D eigenvalue weighted by Gasteiger charge is -2.34. The van der Waals surface area contributed by atoms with Gasteiger partial charge in [-0.3, -0.25) is 13.9 Å². The Morgan fingerprint density at radius 2 is 1.50 bits per heavy atom. The molecule has 0 aromatic heterocycles. The zero-order chi connectivity index (χ0) is 33.3. The van der Waals surface area contributed by atoms with Crippen LogP contribution in [0.4, 0.5) is 5.69 Å². The summed E-state index contributed by atoms with van der Waals surface area (Å²) in [5.41, 5.74) is 1.64. The van der Waals surface area contributed by atoms with Gasteiger partial charge < -0.3 is 15.0 Å². The topological polar surface area (TPSA) is 96.0 Å². The zero-order valence-corrected chi connectivity index (χ0v) is 28.2. The van der Waals surface area contributed by atoms with E-state index in [1.54, 1.807) is 60.7 Å². The number of ether oxygens (including phenoxy) is 1. The van der Waals surface area contributed by atoms with E-state index in [-0.39, 0.29) is 35.4 Å². The van der Waals surface area contributed by atoms with Crippen LogP contribution in [0, 0.1) is 5.92 Å². The minimum atomic E-state index is -4.21. The lowest BCUT2D eigenvalue weighted by Crippen LogP contribution is -2.53. The number of hydrogen-bond donors (Lipinski definition) is 1. The molecule has 8 nitrogen and oxygen atoms in total. The van der Waals surface area contributed by atoms with Crippen LogP contribution in [0.1, 0.15) is 25.0 Å². The van der Waals surface area contributed by atoms with Gasteiger partial charge in [0.2, 0.25) is 11.8 Å². The highest BCUT2D eigenvalue weighted by Crippen LogP contribution is 2.28. The predicted octanol–water partition coefficient (Wildman–Crippen LogP) is 6.61. The average molecular weight is 683 g/mol. The number of nitrogens with zero attached hydrogens (tertiary/aromatic N) is 2. The number of anilines is 1. The molecule has 0 fully saturated rings. The molecule has 0 aliphatic rings. The third kappa shape index (κ3) is 9.02. The number of carbonyl (C=O) groups is 2. The SMILES string of the molecule is COc1ccc(N(CC(=O)N(Cc2ccc(Cl)cc2Cl)[C@@H](Cc2ccccc2)C(=O)NCC(C)C)S(=O)(=O)c2ccccc2)cc1. The molecule has 1 N–H and O–H groups in total. The molecule has 0 aliphatic carbocycles. The van der Waals surface area contributed by atoms with E-state index in [2.05, 4.69) is 5.32 Å². The minimum Gasteiger partial charge on any atom is -0.497 e. The van der Waals surface area contributed by atoms with E-state index in [9.17, 15) is 18.0 Å². The summed E-state index contributed by atoms with van der Waals surface area (Å²) in [5, 5.41) is 3.70. The highest BCUT2D eigenvalue weighted by atomic mass is 35.5. The number of hydrogen-bond acceptors (Lipinski definition) is 5. The van der Waals surface area contributed by atoms with E-state index in [1.807, 2.05) is 44.2 Å². The van der Waals surface area contributed by atoms with Crippen LogP contribution in [0.3, 0.4) is 0 Å². The summed E-state index contributed by atoms with van der Waals surface area (Å²) in [6.07, 6.45) is 0.190. The third-order valence-electron chi connectivity index (χ3n) is 7.28. The van der Waals surface area contributed by atoms with E-state index in [0.29, 0.717) is 27.9 Å². The van der Waals surface area contributed by atoms with Gasteiger partial charge in [0, 0.05) is 29.6 Å². The fraction of sp³-hybridized carbons (Fsp3) is 0.257. The van der Waals surface area contributed by atoms with Gasteiger partial charge in [0.15, 0.2) is 0 Å². The van der Waals surface area contributed by atoms with Crippen molar-refractivity contribution in [1.29, 1.82) is 0 Å². The summed E-state index contributed by atoms with van der Waals surface area (Å²) in [7, 11) is -2.71. The quantitative estimate of drug-likeness (QED) is 0.162. The van der Waals surface area contributed by atoms with Gasteiger partial charge in [-0.2, -0.15) is 0 Å². The molecule has 11 heteroatoms. The van der Waals surface area contributed by atoms with Crippen LogP contribution < -0.4 is 14.4 Å². The highest BCUT2D eigenvalue weighted by molar-refractivity contribution is 7.92. The molecule has 0 heterocycles. The molecule has 0 saturated heterocycles. The van der Waals surface area contributed by atoms with Crippen LogP contribution in [-0.4, -0.2) is 51.4 Å². The molecular weight excluding hydrogens is 645 g/mol. The Bertz CT molecular complexity index is 1720. The Morgan fingerprint density at radius 3 is 2.09 bits per heavy atom. The van der Waals surface area contributed by atoms with E-state index < -0.39 is 28.5 Å². The number of carbonyl (C=O) groups excluding carboxylic acids is 2. The Balaban J connectivity index is 1.81. The molecule has 4 rings (SSSR count). The second kappa shape index (κ2) is 16.0. The minimum absolute atomic E-state index is 0.0152. The Kier molecular flexibility index (Phi) is 12.1. The van der Waals surface area contributed by atoms with Crippen molar-refractivity contribution in [3.63, 3.8) is 0 Å². The van der Waals surface area contributed by atoms with E-state index in [1.165, 1.54) is 24.1 Å². The second-order valence-corrected chi connectivity index (χ2v) is 13.8. The first kappa shape index (κ1) is 34.8. The number of rotatable bonds is 14. The maximum Gasteiger partial charge on any atom is 0.264 e. The summed E-state index contributed by atoms with van der Waals surface area (Å²) < 4.78 is 34.5. The molecule has 0 aliphatic heterocycles. The van der Waals surface area contributed by atoms with Crippen LogP contribution in [0.15, 0.2) is 108 Å². The third-order valence-corrected chi connectivity index (χ3v) is 9.66. The summed E-state index contributed by atoms with van der Waals surface area (Å²) in [6, 6.07) is 27.5. The summed E-state index contributed by atoms with van der Waals surface area (Å²) in [5.74, 6) is -0.270. The first-order valence-corrected chi connectivity index (χ1v) is 17.0. The number of nitrogens with one attached hydrogen (secondary N) is 1. The Hall–Kier alpha value is -4.05. The molecule has 0 bridgehead atoms. The van der Waals surface area contributed by atoms with Crippen LogP contribution in [-0.2, 0) is 32.6 Å². The van der Waals surface area contributed by atoms with E-state index in [0.717, 1.165) is 9.87 Å². The molecule has 1 atom stereocenters. The maximum atomic E-state index is 14.5. The van der Waals surface area contributed by atoms with Gasteiger partial charge in [-0.25, -0.2) is 8.42 Å². The smallest absolute Gasteiger partial charge is 0.264 e. The lowest BCUT2D eigenvalue weighted by atomic mass is 10.0. The fourth-order valence-corrected chi connectivity index (χ4v) is 6.71. The Morgan fingerprint density at radius 1 is 0.870 bits per heavy atom. The zero-order valence-electron chi connectivity index (χ0n) is 25.9. The van der Waals surface area contributed by atoms with E-state index >= 15 is 0 Å². The average Bonchev–Trinajstić information content (AvgIpc) is 3.05. The van der Waals surface area contributed by atoms with E-state index in [4.69, 9.17) is 27.9 Å². The van der Waals surface area contributed by atoms with Crippen molar-refractivity contribution in [3.8, 4) is 5.75 Å². The van der Waals surface area contributed by atoms with Crippen molar-refractivity contribution >= 4 is 50.7 Å². The monoisotopic (exact) mass is 681 g/mol. The van der Waals surface area contributed by atoms with Crippen molar-refractivity contribution in [2.24, 2.45) is 5.92 Å². The molecule has 242 valence electrons. The molecule has 2 amide bonds. The number of amides is 2. The van der Waals surface area contributed by atoms with Crippen molar-refractivity contribution in [2.75, 3.05) is 24.5 Å². The van der Waals surface area contributed by atoms with Crippen molar-refractivity contribution in [2.45, 2.75) is 37.8 Å². The molecule has 46 heavy (non-hydrogen) atoms. The molecule has 0 saturated carbocycles. The van der Waals surface area contributed by atoms with Gasteiger partial charge >= 0.3 is 0 Å². The van der Waals surface area contributed by atoms with Gasteiger partial charge in [-0.15, -0.1) is 0 Å². The second-order valence-electron chi connectivity index (χ2n) is 11.1. The standard InChI is InChI=1S/C35H37Cl2N3O5S/c1-25(2)22-38-35(42)33(20-26-10-6-4-7-11-26)39(23-27-14-15-28(36)21-32(27)37)34(41)24-40(29-16-18-30(45-3)19-17-29)46(43,44)31-12-8-5-9-13-31/h4-19,21,25,33H,20,22-24H2,1-3H3,(H,38,42)/t33-/m0/s1. The van der Waals surface area contributed by atoms with Crippen molar-refractivity contribution < 1.29 is 22.7 Å². The number of methoxy groups -OCH3 is 1. The largest absolute Gasteiger partial charge is 0.497 e. The van der Waals surface area contributed by atoms with Gasteiger partial charge in [-0.1, -0.05) is 91.6 Å². The number of halogens is 2. The molecule has 4 aromatic carbocycles. The summed E-state index contributed by atoms with van der Waals surface area (Å²) >= 11 is 12.7. The lowest BCUT2D eigenvalue weighted by molar-refractivity contribution is -0.140. The predicted molar refractivity (Wildman–Crippen MR) is 183 cm³/mol. The van der Waals surface area contributed by atoms with Crippen LogP contribution >= 0.6 is 23.2 Å². The van der Waals surface area contributed by atoms with Gasteiger partial charge in [0.05, 0.1) is 17.7 Å². The Labute approximate surface area is 280 Å². The van der Waals surface area contributed by atoms with Crippen molar-refractivity contribution in [1.82, 2.24) is 10.2 Å². The maximum absolute atomic E-state index is 14.5.